The number of ether oxygens (including phenoxy) is 1. The molecule has 2 N–H and O–H groups in total. The molecule has 2 unspecified atom stereocenters. The van der Waals surface area contributed by atoms with Gasteiger partial charge in [0.25, 0.3) is 0 Å². The van der Waals surface area contributed by atoms with Crippen LogP contribution in [-0.2, 0) is 4.74 Å². The van der Waals surface area contributed by atoms with Crippen LogP contribution in [0.15, 0.2) is 0 Å². The molecule has 0 aromatic carbocycles. The van der Waals surface area contributed by atoms with Gasteiger partial charge in [-0.25, -0.2) is 0 Å². The van der Waals surface area contributed by atoms with Gasteiger partial charge in [0.2, 0.25) is 0 Å². The van der Waals surface area contributed by atoms with E-state index < -0.39 is 0 Å². The average Bonchev–Trinajstić information content (AvgIpc) is 2.95. The van der Waals surface area contributed by atoms with Gasteiger partial charge in [0.05, 0.1) is 5.60 Å². The normalized spacial score (nSPS) is 32.4. The predicted octanol–water partition coefficient (Wildman–Crippen LogP) is 3.32. The molecule has 1 spiro atoms. The first kappa shape index (κ1) is 15.8. The van der Waals surface area contributed by atoms with Crippen molar-refractivity contribution in [3.63, 3.8) is 0 Å². The van der Waals surface area contributed by atoms with Crippen molar-refractivity contribution < 1.29 is 4.74 Å². The first-order chi connectivity index (χ1) is 10.0. The molecule has 3 nitrogen and oxygen atoms in total. The molecule has 2 saturated heterocycles. The molecule has 3 aliphatic rings. The second kappa shape index (κ2) is 6.17. The summed E-state index contributed by atoms with van der Waals surface area (Å²) in [6.07, 6.45) is 11.6. The smallest absolute Gasteiger partial charge is 0.0685 e. The van der Waals surface area contributed by atoms with Crippen molar-refractivity contribution in [3.05, 3.63) is 0 Å². The largest absolute Gasteiger partial charge is 0.375 e. The number of nitrogens with zero attached hydrogens (tertiary/aromatic N) is 1. The van der Waals surface area contributed by atoms with Crippen LogP contribution < -0.4 is 5.73 Å². The Morgan fingerprint density at radius 1 is 1.10 bits per heavy atom. The molecule has 0 aromatic rings. The molecule has 3 heteroatoms. The maximum absolute atomic E-state index is 6.81. The van der Waals surface area contributed by atoms with E-state index in [4.69, 9.17) is 10.5 Å². The Labute approximate surface area is 130 Å². The van der Waals surface area contributed by atoms with Crippen molar-refractivity contribution in [2.75, 3.05) is 19.7 Å². The van der Waals surface area contributed by atoms with Crippen LogP contribution in [0.4, 0.5) is 0 Å². The molecule has 0 amide bonds. The van der Waals surface area contributed by atoms with Gasteiger partial charge in [-0.3, -0.25) is 4.90 Å². The molecular formula is C18H34N2O. The molecular weight excluding hydrogens is 260 g/mol. The summed E-state index contributed by atoms with van der Waals surface area (Å²) in [5.74, 6) is 0.633. The van der Waals surface area contributed by atoms with Crippen LogP contribution in [0.25, 0.3) is 0 Å². The lowest BCUT2D eigenvalue weighted by molar-refractivity contribution is -0.105. The summed E-state index contributed by atoms with van der Waals surface area (Å²) < 4.78 is 6.20. The highest BCUT2D eigenvalue weighted by molar-refractivity contribution is 5.01. The van der Waals surface area contributed by atoms with Gasteiger partial charge in [-0.05, 0) is 71.4 Å². The fourth-order valence-corrected chi connectivity index (χ4v) is 5.00. The van der Waals surface area contributed by atoms with Gasteiger partial charge in [-0.1, -0.05) is 19.3 Å². The third-order valence-corrected chi connectivity index (χ3v) is 6.54. The molecule has 122 valence electrons. The lowest BCUT2D eigenvalue weighted by Crippen LogP contribution is -2.61. The van der Waals surface area contributed by atoms with Gasteiger partial charge in [-0.2, -0.15) is 0 Å². The Morgan fingerprint density at radius 2 is 1.76 bits per heavy atom. The summed E-state index contributed by atoms with van der Waals surface area (Å²) in [4.78, 5) is 2.65. The summed E-state index contributed by atoms with van der Waals surface area (Å²) in [5, 5.41) is 0. The highest BCUT2D eigenvalue weighted by Crippen LogP contribution is 2.44. The predicted molar refractivity (Wildman–Crippen MR) is 87.4 cm³/mol. The topological polar surface area (TPSA) is 38.5 Å². The third kappa shape index (κ3) is 3.16. The van der Waals surface area contributed by atoms with Gasteiger partial charge < -0.3 is 10.5 Å². The van der Waals surface area contributed by atoms with E-state index in [9.17, 15) is 0 Å². The Kier molecular flexibility index (Phi) is 4.63. The molecule has 0 aromatic heterocycles. The van der Waals surface area contributed by atoms with Gasteiger partial charge in [-0.15, -0.1) is 0 Å². The summed E-state index contributed by atoms with van der Waals surface area (Å²) in [6, 6.07) is 0.275. The van der Waals surface area contributed by atoms with Crippen molar-refractivity contribution in [1.29, 1.82) is 0 Å². The average molecular weight is 294 g/mol. The molecule has 21 heavy (non-hydrogen) atoms. The Hall–Kier alpha value is -0.120. The van der Waals surface area contributed by atoms with E-state index >= 15 is 0 Å². The molecule has 3 rings (SSSR count). The van der Waals surface area contributed by atoms with E-state index in [1.165, 1.54) is 64.5 Å². The molecule has 0 bridgehead atoms. The summed E-state index contributed by atoms with van der Waals surface area (Å²) in [5.41, 5.74) is 7.13. The van der Waals surface area contributed by atoms with Gasteiger partial charge in [0, 0.05) is 18.2 Å². The Morgan fingerprint density at radius 3 is 2.43 bits per heavy atom. The van der Waals surface area contributed by atoms with E-state index in [1.54, 1.807) is 0 Å². The maximum atomic E-state index is 6.81. The summed E-state index contributed by atoms with van der Waals surface area (Å²) in [6.45, 7) is 8.14. The van der Waals surface area contributed by atoms with E-state index in [-0.39, 0.29) is 17.2 Å². The van der Waals surface area contributed by atoms with Crippen LogP contribution in [0.1, 0.15) is 71.6 Å². The second-order valence-corrected chi connectivity index (χ2v) is 8.22. The van der Waals surface area contributed by atoms with Crippen LogP contribution in [0.2, 0.25) is 0 Å². The number of likely N-dealkylation sites (tertiary alicyclic amines) is 1. The van der Waals surface area contributed by atoms with Gasteiger partial charge in [0.1, 0.15) is 0 Å². The lowest BCUT2D eigenvalue weighted by Gasteiger charge is -2.50. The first-order valence-corrected chi connectivity index (χ1v) is 9.18. The quantitative estimate of drug-likeness (QED) is 0.868. The summed E-state index contributed by atoms with van der Waals surface area (Å²) >= 11 is 0. The molecule has 0 radical (unpaired) electrons. The lowest BCUT2D eigenvalue weighted by atomic mass is 9.74. The summed E-state index contributed by atoms with van der Waals surface area (Å²) in [7, 11) is 0. The van der Waals surface area contributed by atoms with Crippen LogP contribution in [-0.4, -0.2) is 41.8 Å². The minimum atomic E-state index is 0.127. The maximum Gasteiger partial charge on any atom is 0.0685 e. The first-order valence-electron chi connectivity index (χ1n) is 9.18. The van der Waals surface area contributed by atoms with Crippen molar-refractivity contribution in [2.24, 2.45) is 11.7 Å². The van der Waals surface area contributed by atoms with Crippen molar-refractivity contribution in [1.82, 2.24) is 4.90 Å². The highest BCUT2D eigenvalue weighted by Gasteiger charge is 2.45. The fraction of sp³-hybridized carbons (Fsp3) is 1.00. The standard InChI is InChI=1S/C18H34N2O/c1-17(2,20-11-6-3-7-12-20)16(19)15-8-13-21-18(14-15)9-4-5-10-18/h15-16H,3-14,19H2,1-2H3. The molecule has 2 aliphatic heterocycles. The minimum Gasteiger partial charge on any atom is -0.375 e. The highest BCUT2D eigenvalue weighted by atomic mass is 16.5. The molecule has 2 heterocycles. The number of nitrogens with two attached hydrogens (primary N) is 1. The Bertz CT molecular complexity index is 343. The van der Waals surface area contributed by atoms with E-state index in [2.05, 4.69) is 18.7 Å². The number of rotatable bonds is 3. The van der Waals surface area contributed by atoms with Crippen LogP contribution in [0.3, 0.4) is 0 Å². The van der Waals surface area contributed by atoms with Gasteiger partial charge >= 0.3 is 0 Å². The van der Waals surface area contributed by atoms with E-state index in [0.717, 1.165) is 13.0 Å². The van der Waals surface area contributed by atoms with E-state index in [1.807, 2.05) is 0 Å². The van der Waals surface area contributed by atoms with E-state index in [0.29, 0.717) is 5.92 Å². The SMILES string of the molecule is CC(C)(C(N)C1CCOC2(CCCC2)C1)N1CCCCC1. The minimum absolute atomic E-state index is 0.127. The fourth-order valence-electron chi connectivity index (χ4n) is 5.00. The van der Waals surface area contributed by atoms with Gasteiger partial charge in [0.15, 0.2) is 0 Å². The van der Waals surface area contributed by atoms with Crippen LogP contribution in [0, 0.1) is 5.92 Å². The van der Waals surface area contributed by atoms with Crippen molar-refractivity contribution in [3.8, 4) is 0 Å². The number of hydrogen-bond donors (Lipinski definition) is 1. The number of piperidine rings is 1. The second-order valence-electron chi connectivity index (χ2n) is 8.22. The van der Waals surface area contributed by atoms with Crippen LogP contribution >= 0.6 is 0 Å². The number of hydrogen-bond acceptors (Lipinski definition) is 3. The van der Waals surface area contributed by atoms with Crippen LogP contribution in [0.5, 0.6) is 0 Å². The van der Waals surface area contributed by atoms with Crippen molar-refractivity contribution in [2.45, 2.75) is 88.8 Å². The zero-order valence-electron chi connectivity index (χ0n) is 14.1. The molecule has 3 fully saturated rings. The molecule has 1 saturated carbocycles. The zero-order chi connectivity index (χ0) is 14.9. The molecule has 2 atom stereocenters. The zero-order valence-corrected chi connectivity index (χ0v) is 14.1. The molecule has 1 aliphatic carbocycles. The monoisotopic (exact) mass is 294 g/mol. The third-order valence-electron chi connectivity index (χ3n) is 6.54. The van der Waals surface area contributed by atoms with Crippen molar-refractivity contribution >= 4 is 0 Å². The Balaban J connectivity index is 1.66.